The summed E-state index contributed by atoms with van der Waals surface area (Å²) in [5, 5.41) is 8.89. The molecule has 14 heavy (non-hydrogen) atoms. The van der Waals surface area contributed by atoms with Crippen LogP contribution < -0.4 is 0 Å². The fraction of sp³-hybridized carbons (Fsp3) is 0.250. The van der Waals surface area contributed by atoms with Crippen LogP contribution in [0.4, 0.5) is 0 Å². The summed E-state index contributed by atoms with van der Waals surface area (Å²) in [6.45, 7) is 3.95. The Morgan fingerprint density at radius 1 is 1.21 bits per heavy atom. The fourth-order valence-electron chi connectivity index (χ4n) is 1.08. The molecule has 0 spiro atoms. The molecule has 1 aromatic carbocycles. The molecule has 0 aliphatic heterocycles. The lowest BCUT2D eigenvalue weighted by atomic mass is 10.2. The van der Waals surface area contributed by atoms with Gasteiger partial charge in [0.1, 0.15) is 0 Å². The maximum absolute atomic E-state index is 8.89. The maximum atomic E-state index is 8.89. The summed E-state index contributed by atoms with van der Waals surface area (Å²) in [5.41, 5.74) is 2.17. The van der Waals surface area contributed by atoms with Crippen molar-refractivity contribution in [1.82, 2.24) is 3.99 Å². The predicted octanol–water partition coefficient (Wildman–Crippen LogP) is 4.40. The number of nitrogens with zero attached hydrogens (tertiary/aromatic N) is 1. The predicted molar refractivity (Wildman–Crippen MR) is 63.0 cm³/mol. The fourth-order valence-corrected chi connectivity index (χ4v) is 2.75. The second-order valence-corrected chi connectivity index (χ2v) is 5.32. The summed E-state index contributed by atoms with van der Waals surface area (Å²) in [6, 6.07) is 3.91. The van der Waals surface area contributed by atoms with Crippen LogP contribution >= 0.6 is 45.4 Å². The Morgan fingerprint density at radius 2 is 1.79 bits per heavy atom. The van der Waals surface area contributed by atoms with Crippen LogP contribution in [0.3, 0.4) is 0 Å². The number of hydrogen-bond acceptors (Lipinski definition) is 4. The van der Waals surface area contributed by atoms with Crippen molar-refractivity contribution in [2.24, 2.45) is 0 Å². The average Bonchev–Trinajstić information content (AvgIpc) is 2.09. The number of halogens is 2. The van der Waals surface area contributed by atoms with Crippen molar-refractivity contribution in [3.05, 3.63) is 23.3 Å². The van der Waals surface area contributed by atoms with E-state index in [0.717, 1.165) is 43.8 Å². The van der Waals surface area contributed by atoms with E-state index in [1.165, 1.54) is 0 Å². The smallest absolute Gasteiger partial charge is 0.0306 e. The molecule has 0 aliphatic rings. The Labute approximate surface area is 101 Å². The van der Waals surface area contributed by atoms with Gasteiger partial charge in [-0.2, -0.15) is 0 Å². The summed E-state index contributed by atoms with van der Waals surface area (Å²) in [4.78, 5) is 1.86. The van der Waals surface area contributed by atoms with E-state index >= 15 is 0 Å². The lowest BCUT2D eigenvalue weighted by Gasteiger charge is -2.10. The van der Waals surface area contributed by atoms with Gasteiger partial charge in [-0.25, -0.2) is 0 Å². The zero-order valence-electron chi connectivity index (χ0n) is 7.62. The summed E-state index contributed by atoms with van der Waals surface area (Å²) in [7, 11) is 6.85. The molecule has 1 N–H and O–H groups in total. The van der Waals surface area contributed by atoms with Crippen LogP contribution in [0.5, 0.6) is 0 Å². The van der Waals surface area contributed by atoms with Gasteiger partial charge in [-0.1, -0.05) is 6.07 Å². The minimum Gasteiger partial charge on any atom is -0.288 e. The van der Waals surface area contributed by atoms with E-state index in [4.69, 9.17) is 27.7 Å². The molecule has 0 saturated carbocycles. The Balaban J connectivity index is 3.04. The molecule has 0 amide bonds. The molecule has 0 unspecified atom stereocenters. The highest BCUT2D eigenvalue weighted by Crippen LogP contribution is 2.34. The number of aryl methyl sites for hydroxylation is 2. The van der Waals surface area contributed by atoms with Crippen LogP contribution in [-0.4, -0.2) is 9.19 Å². The molecule has 78 valence electrons. The van der Waals surface area contributed by atoms with Gasteiger partial charge in [0.2, 0.25) is 0 Å². The first kappa shape index (κ1) is 12.5. The Bertz CT molecular complexity index is 333. The molecule has 1 aromatic rings. The van der Waals surface area contributed by atoms with Gasteiger partial charge in [0, 0.05) is 33.5 Å². The third kappa shape index (κ3) is 3.22. The molecule has 0 atom stereocenters. The van der Waals surface area contributed by atoms with Gasteiger partial charge in [-0.15, -0.1) is 0 Å². The highest BCUT2D eigenvalue weighted by Gasteiger charge is 2.07. The van der Waals surface area contributed by atoms with E-state index in [9.17, 15) is 0 Å². The van der Waals surface area contributed by atoms with Crippen LogP contribution in [0.25, 0.3) is 0 Å². The van der Waals surface area contributed by atoms with Crippen molar-refractivity contribution >= 4 is 45.4 Å². The summed E-state index contributed by atoms with van der Waals surface area (Å²) < 4.78 is 0.556. The van der Waals surface area contributed by atoms with Crippen molar-refractivity contribution in [3.8, 4) is 0 Å². The highest BCUT2D eigenvalue weighted by molar-refractivity contribution is 8.21. The normalized spacial score (nSPS) is 11.0. The van der Waals surface area contributed by atoms with Crippen LogP contribution in [0.15, 0.2) is 21.9 Å². The molecule has 2 nitrogen and oxygen atoms in total. The van der Waals surface area contributed by atoms with E-state index in [-0.39, 0.29) is 0 Å². The van der Waals surface area contributed by atoms with Crippen molar-refractivity contribution < 1.29 is 5.21 Å². The standard InChI is InChI=1S/C8H9Cl2NOS2/c1-5-3-6(2)8(14-11(9)12)4-7(5)13-10/h3-4,12H,1-2H3. The van der Waals surface area contributed by atoms with Gasteiger partial charge in [0.05, 0.1) is 0 Å². The quantitative estimate of drug-likeness (QED) is 0.499. The second-order valence-electron chi connectivity index (χ2n) is 2.78. The maximum Gasteiger partial charge on any atom is 0.0306 e. The average molecular weight is 270 g/mol. The summed E-state index contributed by atoms with van der Waals surface area (Å²) in [6.07, 6.45) is 0. The monoisotopic (exact) mass is 269 g/mol. The lowest BCUT2D eigenvalue weighted by Crippen LogP contribution is -1.94. The third-order valence-corrected chi connectivity index (χ3v) is 3.83. The molecule has 0 radical (unpaired) electrons. The third-order valence-electron chi connectivity index (χ3n) is 1.73. The Morgan fingerprint density at radius 3 is 2.29 bits per heavy atom. The van der Waals surface area contributed by atoms with Crippen LogP contribution in [0.1, 0.15) is 11.1 Å². The van der Waals surface area contributed by atoms with Gasteiger partial charge in [0.25, 0.3) is 0 Å². The van der Waals surface area contributed by atoms with E-state index in [2.05, 4.69) is 0 Å². The first-order chi connectivity index (χ1) is 6.54. The van der Waals surface area contributed by atoms with Crippen molar-refractivity contribution in [2.75, 3.05) is 0 Å². The lowest BCUT2D eigenvalue weighted by molar-refractivity contribution is 0.114. The topological polar surface area (TPSA) is 23.5 Å². The Kier molecular flexibility index (Phi) is 4.90. The van der Waals surface area contributed by atoms with Crippen LogP contribution in [0.2, 0.25) is 0 Å². The van der Waals surface area contributed by atoms with Gasteiger partial charge < -0.3 is 0 Å². The SMILES string of the molecule is Cc1cc(C)c(SN(O)Cl)cc1SCl. The van der Waals surface area contributed by atoms with Gasteiger partial charge >= 0.3 is 0 Å². The molecule has 0 aliphatic carbocycles. The van der Waals surface area contributed by atoms with Crippen molar-refractivity contribution in [2.45, 2.75) is 23.6 Å². The molecule has 0 heterocycles. The van der Waals surface area contributed by atoms with Gasteiger partial charge in [-0.05, 0) is 56.7 Å². The number of benzene rings is 1. The van der Waals surface area contributed by atoms with Gasteiger partial charge in [-0.3, -0.25) is 5.21 Å². The molecular weight excluding hydrogens is 261 g/mol. The van der Waals surface area contributed by atoms with Gasteiger partial charge in [0.15, 0.2) is 0 Å². The van der Waals surface area contributed by atoms with Crippen LogP contribution in [0, 0.1) is 13.8 Å². The minimum absolute atomic E-state index is 0.556. The Hall–Kier alpha value is 0.420. The number of rotatable bonds is 3. The molecule has 6 heteroatoms. The van der Waals surface area contributed by atoms with E-state index in [1.54, 1.807) is 0 Å². The second kappa shape index (κ2) is 5.49. The van der Waals surface area contributed by atoms with E-state index in [0.29, 0.717) is 3.99 Å². The van der Waals surface area contributed by atoms with E-state index in [1.807, 2.05) is 26.0 Å². The van der Waals surface area contributed by atoms with E-state index < -0.39 is 0 Å². The zero-order valence-corrected chi connectivity index (χ0v) is 10.8. The first-order valence-corrected chi connectivity index (χ1v) is 6.52. The molecule has 0 fully saturated rings. The largest absolute Gasteiger partial charge is 0.288 e. The highest BCUT2D eigenvalue weighted by atomic mass is 35.7. The number of hydrogen-bond donors (Lipinski definition) is 1. The van der Waals surface area contributed by atoms with Crippen LogP contribution in [-0.2, 0) is 0 Å². The van der Waals surface area contributed by atoms with Crippen molar-refractivity contribution in [1.29, 1.82) is 0 Å². The molecule has 0 saturated heterocycles. The first-order valence-electron chi connectivity index (χ1n) is 3.77. The zero-order chi connectivity index (χ0) is 10.7. The molecule has 1 rings (SSSR count). The summed E-state index contributed by atoms with van der Waals surface area (Å²) in [5.74, 6) is 0. The molecule has 0 aromatic heterocycles. The minimum atomic E-state index is 0.556. The molecular formula is C8H9Cl2NOS2. The summed E-state index contributed by atoms with van der Waals surface area (Å²) >= 11 is 6.38. The molecule has 0 bridgehead atoms. The van der Waals surface area contributed by atoms with Crippen molar-refractivity contribution in [3.63, 3.8) is 0 Å².